The molecule has 47 heavy (non-hydrogen) atoms. The number of nitrogens with one attached hydrogen (secondary N) is 4. The van der Waals surface area contributed by atoms with E-state index in [0.717, 1.165) is 21.9 Å². The van der Waals surface area contributed by atoms with Crippen LogP contribution in [0, 0.1) is 11.8 Å². The van der Waals surface area contributed by atoms with E-state index in [4.69, 9.17) is 0 Å². The first kappa shape index (κ1) is 34.8. The van der Waals surface area contributed by atoms with Crippen molar-refractivity contribution in [2.24, 2.45) is 11.8 Å². The van der Waals surface area contributed by atoms with Crippen LogP contribution in [0.5, 0.6) is 0 Å². The Kier molecular flexibility index (Phi) is 12.6. The first-order valence-corrected chi connectivity index (χ1v) is 15.9. The number of carbonyl (C=O) groups is 4. The van der Waals surface area contributed by atoms with Gasteiger partial charge >= 0.3 is 5.97 Å². The molecule has 4 aromatic rings. The smallest absolute Gasteiger partial charge is 0.334 e. The summed E-state index contributed by atoms with van der Waals surface area (Å²) in [7, 11) is 0. The van der Waals surface area contributed by atoms with Crippen molar-refractivity contribution < 1.29 is 29.4 Å². The normalized spacial score (nSPS) is 13.8. The van der Waals surface area contributed by atoms with Gasteiger partial charge in [-0.1, -0.05) is 86.6 Å². The van der Waals surface area contributed by atoms with Crippen molar-refractivity contribution in [3.05, 3.63) is 102 Å². The van der Waals surface area contributed by atoms with Crippen LogP contribution in [0.3, 0.4) is 0 Å². The van der Waals surface area contributed by atoms with Gasteiger partial charge in [0.2, 0.25) is 17.7 Å². The summed E-state index contributed by atoms with van der Waals surface area (Å²) in [5.74, 6) is -3.77. The number of aliphatic carboxylic acids is 1. The van der Waals surface area contributed by atoms with Crippen LogP contribution in [0.2, 0.25) is 0 Å². The van der Waals surface area contributed by atoms with Crippen LogP contribution in [0.4, 0.5) is 0 Å². The second kappa shape index (κ2) is 17.0. The van der Waals surface area contributed by atoms with E-state index < -0.39 is 41.9 Å². The van der Waals surface area contributed by atoms with E-state index in [0.29, 0.717) is 18.7 Å². The lowest BCUT2D eigenvalue weighted by Gasteiger charge is -2.27. The fourth-order valence-electron chi connectivity index (χ4n) is 5.63. The summed E-state index contributed by atoms with van der Waals surface area (Å²) in [5, 5.41) is 30.1. The van der Waals surface area contributed by atoms with Crippen molar-refractivity contribution in [2.45, 2.75) is 64.1 Å². The third kappa shape index (κ3) is 10.5. The zero-order valence-electron chi connectivity index (χ0n) is 26.7. The lowest BCUT2D eigenvalue weighted by atomic mass is 9.91. The van der Waals surface area contributed by atoms with E-state index in [1.54, 1.807) is 0 Å². The first-order valence-electron chi connectivity index (χ1n) is 15.9. The minimum Gasteiger partial charge on any atom is -0.479 e. The van der Waals surface area contributed by atoms with E-state index in [9.17, 15) is 29.4 Å². The maximum Gasteiger partial charge on any atom is 0.334 e. The number of hydrogen-bond acceptors (Lipinski definition) is 6. The molecule has 11 heteroatoms. The fraction of sp³-hybridized carbons (Fsp3) is 0.361. The number of carbonyl (C=O) groups excluding carboxylic acids is 3. The van der Waals surface area contributed by atoms with Gasteiger partial charge in [0.25, 0.3) is 0 Å². The van der Waals surface area contributed by atoms with Crippen LogP contribution in [0.15, 0.2) is 85.3 Å². The molecule has 6 N–H and O–H groups in total. The standard InChI is InChI=1S/C36H43N5O6/c1-23(2)17-30(33(43)36(46)47)40-35(45)31(20-28-21-37-22-39-28)41-34(44)27(18-26-13-8-12-25-11-6-7-14-29(25)26)19-32(42)38-16-15-24-9-4-3-5-10-24/h3-14,21-23,27,30-31,33,43H,15-20H2,1-2H3,(H,37,39)(H,38,42)(H,40,45)(H,41,44)(H,46,47)/t27?,30-,31-,33?/m0/s1. The summed E-state index contributed by atoms with van der Waals surface area (Å²) in [4.78, 5) is 59.4. The number of H-pyrrole nitrogens is 1. The number of nitrogens with zero attached hydrogens (tertiary/aromatic N) is 1. The zero-order valence-corrected chi connectivity index (χ0v) is 26.7. The molecular weight excluding hydrogens is 598 g/mol. The Balaban J connectivity index is 1.56. The van der Waals surface area contributed by atoms with Gasteiger partial charge in [-0.15, -0.1) is 0 Å². The highest BCUT2D eigenvalue weighted by atomic mass is 16.4. The quantitative estimate of drug-likeness (QED) is 0.103. The van der Waals surface area contributed by atoms with Crippen molar-refractivity contribution in [1.82, 2.24) is 25.9 Å². The molecule has 248 valence electrons. The first-order chi connectivity index (χ1) is 22.6. The van der Waals surface area contributed by atoms with Crippen LogP contribution in [0.25, 0.3) is 10.8 Å². The number of amides is 3. The number of aliphatic hydroxyl groups excluding tert-OH is 1. The summed E-state index contributed by atoms with van der Waals surface area (Å²) in [6, 6.07) is 21.1. The molecule has 0 radical (unpaired) electrons. The van der Waals surface area contributed by atoms with E-state index in [2.05, 4.69) is 25.9 Å². The Labute approximate surface area is 274 Å². The number of hydrogen-bond donors (Lipinski definition) is 6. The molecule has 0 fully saturated rings. The fourth-order valence-corrected chi connectivity index (χ4v) is 5.63. The molecule has 0 bridgehead atoms. The highest BCUT2D eigenvalue weighted by Crippen LogP contribution is 2.23. The number of benzene rings is 3. The Morgan fingerprint density at radius 3 is 2.30 bits per heavy atom. The number of carboxylic acid groups (broad SMARTS) is 1. The highest BCUT2D eigenvalue weighted by Gasteiger charge is 2.33. The number of rotatable bonds is 17. The number of fused-ring (bicyclic) bond motifs is 1. The van der Waals surface area contributed by atoms with Crippen LogP contribution < -0.4 is 16.0 Å². The van der Waals surface area contributed by atoms with E-state index in [-0.39, 0.29) is 37.5 Å². The molecule has 4 rings (SSSR count). The van der Waals surface area contributed by atoms with Gasteiger partial charge in [0, 0.05) is 31.3 Å². The average molecular weight is 642 g/mol. The molecule has 0 saturated heterocycles. The third-order valence-electron chi connectivity index (χ3n) is 8.03. The van der Waals surface area contributed by atoms with Gasteiger partial charge in [-0.05, 0) is 47.1 Å². The minimum absolute atomic E-state index is 0.0272. The molecule has 0 aliphatic carbocycles. The van der Waals surface area contributed by atoms with Crippen molar-refractivity contribution in [3.63, 3.8) is 0 Å². The van der Waals surface area contributed by atoms with E-state index >= 15 is 0 Å². The second-order valence-electron chi connectivity index (χ2n) is 12.2. The summed E-state index contributed by atoms with van der Waals surface area (Å²) in [6.45, 7) is 4.10. The maximum absolute atomic E-state index is 14.0. The van der Waals surface area contributed by atoms with Crippen molar-refractivity contribution >= 4 is 34.5 Å². The number of carboxylic acids is 1. The predicted octanol–water partition coefficient (Wildman–Crippen LogP) is 3.17. The summed E-state index contributed by atoms with van der Waals surface area (Å²) in [5.41, 5.74) is 2.53. The molecule has 4 atom stereocenters. The number of aromatic amines is 1. The van der Waals surface area contributed by atoms with Crippen molar-refractivity contribution in [2.75, 3.05) is 6.54 Å². The SMILES string of the molecule is CC(C)C[C@H](NC(=O)[C@H](Cc1cnc[nH]1)NC(=O)C(CC(=O)NCCc1ccccc1)Cc1cccc2ccccc12)C(O)C(=O)O. The lowest BCUT2D eigenvalue weighted by molar-refractivity contribution is -0.149. The average Bonchev–Trinajstić information content (AvgIpc) is 3.57. The zero-order chi connectivity index (χ0) is 33.8. The molecule has 0 aliphatic rings. The molecule has 3 amide bonds. The molecular formula is C36H43N5O6. The molecule has 1 aromatic heterocycles. The maximum atomic E-state index is 14.0. The summed E-state index contributed by atoms with van der Waals surface area (Å²) >= 11 is 0. The Hall–Kier alpha value is -5.03. The van der Waals surface area contributed by atoms with Crippen LogP contribution in [-0.4, -0.2) is 68.6 Å². The molecule has 0 aliphatic heterocycles. The van der Waals surface area contributed by atoms with Crippen molar-refractivity contribution in [1.29, 1.82) is 0 Å². The van der Waals surface area contributed by atoms with Gasteiger partial charge < -0.3 is 31.1 Å². The lowest BCUT2D eigenvalue weighted by Crippen LogP contribution is -2.55. The van der Waals surface area contributed by atoms with Crippen LogP contribution in [0.1, 0.15) is 43.5 Å². The Morgan fingerprint density at radius 1 is 0.872 bits per heavy atom. The van der Waals surface area contributed by atoms with E-state index in [1.165, 1.54) is 12.5 Å². The van der Waals surface area contributed by atoms with Gasteiger partial charge in [0.15, 0.2) is 6.10 Å². The molecule has 0 saturated carbocycles. The Bertz CT molecular complexity index is 1620. The highest BCUT2D eigenvalue weighted by molar-refractivity contribution is 5.92. The molecule has 2 unspecified atom stereocenters. The van der Waals surface area contributed by atoms with Crippen LogP contribution >= 0.6 is 0 Å². The molecule has 3 aromatic carbocycles. The van der Waals surface area contributed by atoms with Gasteiger partial charge in [-0.3, -0.25) is 14.4 Å². The topological polar surface area (TPSA) is 174 Å². The second-order valence-corrected chi connectivity index (χ2v) is 12.2. The number of aromatic nitrogens is 2. The van der Waals surface area contributed by atoms with Gasteiger partial charge in [-0.2, -0.15) is 0 Å². The monoisotopic (exact) mass is 641 g/mol. The van der Waals surface area contributed by atoms with Gasteiger partial charge in [0.1, 0.15) is 6.04 Å². The molecule has 1 heterocycles. The van der Waals surface area contributed by atoms with Gasteiger partial charge in [0.05, 0.1) is 18.3 Å². The number of imidazole rings is 1. The van der Waals surface area contributed by atoms with Gasteiger partial charge in [-0.25, -0.2) is 9.78 Å². The number of aliphatic hydroxyl groups is 1. The Morgan fingerprint density at radius 2 is 1.60 bits per heavy atom. The molecule has 0 spiro atoms. The van der Waals surface area contributed by atoms with Crippen molar-refractivity contribution in [3.8, 4) is 0 Å². The summed E-state index contributed by atoms with van der Waals surface area (Å²) in [6.07, 6.45) is 2.14. The molecule has 11 nitrogen and oxygen atoms in total. The summed E-state index contributed by atoms with van der Waals surface area (Å²) < 4.78 is 0. The third-order valence-corrected chi connectivity index (χ3v) is 8.03. The van der Waals surface area contributed by atoms with Crippen LogP contribution in [-0.2, 0) is 38.4 Å². The largest absolute Gasteiger partial charge is 0.479 e. The van der Waals surface area contributed by atoms with E-state index in [1.807, 2.05) is 86.6 Å². The predicted molar refractivity (Wildman–Crippen MR) is 178 cm³/mol. The minimum atomic E-state index is -1.83.